The molecule has 6 nitrogen and oxygen atoms in total. The number of rotatable bonds is 3. The van der Waals surface area contributed by atoms with E-state index in [4.69, 9.17) is 4.74 Å². The molecule has 3 heterocycles. The molecule has 0 spiro atoms. The molecular weight excluding hydrogens is 332 g/mol. The number of aromatic nitrogens is 2. The topological polar surface area (TPSA) is 58.6 Å². The van der Waals surface area contributed by atoms with Crippen LogP contribution in [0, 0.1) is 6.92 Å². The molecule has 2 aliphatic rings. The summed E-state index contributed by atoms with van der Waals surface area (Å²) in [5.74, 6) is 3.04. The fraction of sp³-hybridized carbons (Fsp3) is 0.667. The van der Waals surface area contributed by atoms with Gasteiger partial charge < -0.3 is 14.5 Å². The minimum atomic E-state index is -0.389. The number of nitrogens with zero attached hydrogens (tertiary/aromatic N) is 4. The van der Waals surface area contributed by atoms with E-state index in [0.717, 1.165) is 47.8 Å². The van der Waals surface area contributed by atoms with E-state index in [1.54, 1.807) is 0 Å². The van der Waals surface area contributed by atoms with Crippen molar-refractivity contribution in [3.05, 3.63) is 11.8 Å². The monoisotopic (exact) mass is 354 g/mol. The lowest BCUT2D eigenvalue weighted by Gasteiger charge is -2.36. The van der Waals surface area contributed by atoms with E-state index in [1.807, 2.05) is 35.9 Å². The molecular formula is C15H22N4O2S2. The van der Waals surface area contributed by atoms with Crippen molar-refractivity contribution in [2.24, 2.45) is 0 Å². The molecule has 126 valence electrons. The molecule has 0 aromatic carbocycles. The van der Waals surface area contributed by atoms with Crippen molar-refractivity contribution in [3.8, 4) is 0 Å². The maximum absolute atomic E-state index is 12.6. The van der Waals surface area contributed by atoms with Crippen LogP contribution in [0.25, 0.3) is 0 Å². The number of carbonyl (C=O) groups excluding carboxylic acids is 1. The van der Waals surface area contributed by atoms with Gasteiger partial charge in [0.05, 0.1) is 13.2 Å². The Morgan fingerprint density at radius 2 is 2.13 bits per heavy atom. The summed E-state index contributed by atoms with van der Waals surface area (Å²) < 4.78 is 5.74. The zero-order valence-electron chi connectivity index (χ0n) is 13.5. The van der Waals surface area contributed by atoms with Crippen LogP contribution in [-0.2, 0) is 9.53 Å². The molecule has 1 atom stereocenters. The van der Waals surface area contributed by atoms with Crippen molar-refractivity contribution in [2.75, 3.05) is 55.4 Å². The van der Waals surface area contributed by atoms with E-state index in [0.29, 0.717) is 13.2 Å². The summed E-state index contributed by atoms with van der Waals surface area (Å²) in [6.07, 6.45) is 1.58. The summed E-state index contributed by atoms with van der Waals surface area (Å²) in [5, 5.41) is 0.766. The van der Waals surface area contributed by atoms with Crippen molar-refractivity contribution in [3.63, 3.8) is 0 Å². The third-order valence-electron chi connectivity index (χ3n) is 3.99. The highest BCUT2D eigenvalue weighted by atomic mass is 32.2. The molecule has 0 radical (unpaired) electrons. The van der Waals surface area contributed by atoms with Crippen LogP contribution in [0.4, 0.5) is 5.82 Å². The molecule has 23 heavy (non-hydrogen) atoms. The SMILES string of the molecule is CSc1nc(C)cc(N2CCOC(C(=O)N3CCSCC3)C2)n1. The average Bonchev–Trinajstić information content (AvgIpc) is 2.61. The molecule has 8 heteroatoms. The zero-order chi connectivity index (χ0) is 16.2. The number of thioether (sulfide) groups is 2. The summed E-state index contributed by atoms with van der Waals surface area (Å²) in [6, 6.07) is 1.98. The van der Waals surface area contributed by atoms with Crippen molar-refractivity contribution < 1.29 is 9.53 Å². The number of aryl methyl sites for hydroxylation is 1. The van der Waals surface area contributed by atoms with Gasteiger partial charge in [-0.1, -0.05) is 11.8 Å². The summed E-state index contributed by atoms with van der Waals surface area (Å²) in [5.41, 5.74) is 0.946. The van der Waals surface area contributed by atoms with Crippen LogP contribution < -0.4 is 4.90 Å². The number of morpholine rings is 1. The van der Waals surface area contributed by atoms with Gasteiger partial charge in [0.1, 0.15) is 5.82 Å². The lowest BCUT2D eigenvalue weighted by atomic mass is 10.2. The van der Waals surface area contributed by atoms with Gasteiger partial charge in [-0.3, -0.25) is 4.79 Å². The molecule has 2 aliphatic heterocycles. The van der Waals surface area contributed by atoms with Gasteiger partial charge in [-0.2, -0.15) is 11.8 Å². The Morgan fingerprint density at radius 1 is 1.35 bits per heavy atom. The Balaban J connectivity index is 1.70. The van der Waals surface area contributed by atoms with Gasteiger partial charge in [0.2, 0.25) is 0 Å². The van der Waals surface area contributed by atoms with Crippen LogP contribution in [0.5, 0.6) is 0 Å². The first-order chi connectivity index (χ1) is 11.2. The summed E-state index contributed by atoms with van der Waals surface area (Å²) in [6.45, 7) is 5.49. The highest BCUT2D eigenvalue weighted by molar-refractivity contribution is 7.99. The molecule has 2 saturated heterocycles. The number of amides is 1. The highest BCUT2D eigenvalue weighted by Crippen LogP contribution is 2.21. The second-order valence-corrected chi connectivity index (χ2v) is 7.60. The Kier molecular flexibility index (Phi) is 5.66. The Bertz CT molecular complexity index is 566. The molecule has 2 fully saturated rings. The summed E-state index contributed by atoms with van der Waals surface area (Å²) >= 11 is 3.43. The van der Waals surface area contributed by atoms with Gasteiger partial charge >= 0.3 is 0 Å². The molecule has 0 aliphatic carbocycles. The van der Waals surface area contributed by atoms with Gasteiger partial charge in [0, 0.05) is 42.9 Å². The van der Waals surface area contributed by atoms with Gasteiger partial charge in [-0.25, -0.2) is 9.97 Å². The van der Waals surface area contributed by atoms with Crippen LogP contribution >= 0.6 is 23.5 Å². The number of carbonyl (C=O) groups is 1. The van der Waals surface area contributed by atoms with Crippen molar-refractivity contribution >= 4 is 35.2 Å². The fourth-order valence-electron chi connectivity index (χ4n) is 2.77. The largest absolute Gasteiger partial charge is 0.365 e. The maximum Gasteiger partial charge on any atom is 0.253 e. The molecule has 0 N–H and O–H groups in total. The Hall–Kier alpha value is -0.990. The second-order valence-electron chi connectivity index (χ2n) is 5.60. The zero-order valence-corrected chi connectivity index (χ0v) is 15.2. The molecule has 1 amide bonds. The van der Waals surface area contributed by atoms with Crippen molar-refractivity contribution in [1.29, 1.82) is 0 Å². The first-order valence-electron chi connectivity index (χ1n) is 7.80. The normalized spacial score (nSPS) is 22.3. The minimum absolute atomic E-state index is 0.117. The van der Waals surface area contributed by atoms with E-state index in [-0.39, 0.29) is 12.0 Å². The van der Waals surface area contributed by atoms with Crippen LogP contribution in [0.2, 0.25) is 0 Å². The van der Waals surface area contributed by atoms with Gasteiger partial charge in [0.25, 0.3) is 5.91 Å². The first-order valence-corrected chi connectivity index (χ1v) is 10.2. The minimum Gasteiger partial charge on any atom is -0.365 e. The van der Waals surface area contributed by atoms with Crippen LogP contribution in [0.1, 0.15) is 5.69 Å². The first kappa shape index (κ1) is 16.9. The lowest BCUT2D eigenvalue weighted by Crippen LogP contribution is -2.52. The number of ether oxygens (including phenoxy) is 1. The predicted molar refractivity (Wildman–Crippen MR) is 94.4 cm³/mol. The number of anilines is 1. The van der Waals surface area contributed by atoms with Crippen LogP contribution in [0.3, 0.4) is 0 Å². The van der Waals surface area contributed by atoms with Gasteiger partial charge in [-0.15, -0.1) is 0 Å². The molecule has 1 aromatic rings. The molecule has 1 unspecified atom stereocenters. The summed E-state index contributed by atoms with van der Waals surface area (Å²) in [4.78, 5) is 25.7. The van der Waals surface area contributed by atoms with E-state index in [2.05, 4.69) is 14.9 Å². The predicted octanol–water partition coefficient (Wildman–Crippen LogP) is 1.29. The van der Waals surface area contributed by atoms with Crippen molar-refractivity contribution in [1.82, 2.24) is 14.9 Å². The average molecular weight is 355 g/mol. The maximum atomic E-state index is 12.6. The quantitative estimate of drug-likeness (QED) is 0.599. The Labute approximate surface area is 145 Å². The van der Waals surface area contributed by atoms with Crippen LogP contribution in [-0.4, -0.2) is 77.4 Å². The standard InChI is InChI=1S/C15H22N4O2S2/c1-11-9-13(17-15(16-11)22-2)19-3-6-21-12(10-19)14(20)18-4-7-23-8-5-18/h9,12H,3-8,10H2,1-2H3. The van der Waals surface area contributed by atoms with E-state index >= 15 is 0 Å². The van der Waals surface area contributed by atoms with Gasteiger partial charge in [0.15, 0.2) is 11.3 Å². The molecule has 1 aromatic heterocycles. The molecule has 3 rings (SSSR count). The van der Waals surface area contributed by atoms with Crippen molar-refractivity contribution in [2.45, 2.75) is 18.2 Å². The van der Waals surface area contributed by atoms with Gasteiger partial charge in [-0.05, 0) is 13.2 Å². The lowest BCUT2D eigenvalue weighted by molar-refractivity contribution is -0.144. The van der Waals surface area contributed by atoms with E-state index < -0.39 is 0 Å². The fourth-order valence-corrected chi connectivity index (χ4v) is 4.10. The smallest absolute Gasteiger partial charge is 0.253 e. The summed E-state index contributed by atoms with van der Waals surface area (Å²) in [7, 11) is 0. The van der Waals surface area contributed by atoms with E-state index in [9.17, 15) is 4.79 Å². The third kappa shape index (κ3) is 4.10. The molecule has 0 bridgehead atoms. The third-order valence-corrected chi connectivity index (χ3v) is 5.48. The number of hydrogen-bond acceptors (Lipinski definition) is 7. The molecule has 0 saturated carbocycles. The second kappa shape index (κ2) is 7.72. The highest BCUT2D eigenvalue weighted by Gasteiger charge is 2.31. The van der Waals surface area contributed by atoms with E-state index in [1.165, 1.54) is 11.8 Å². The Morgan fingerprint density at radius 3 is 2.87 bits per heavy atom. The number of hydrogen-bond donors (Lipinski definition) is 0. The van der Waals surface area contributed by atoms with Crippen LogP contribution in [0.15, 0.2) is 11.2 Å².